The topological polar surface area (TPSA) is 46.5 Å². The van der Waals surface area contributed by atoms with Crippen molar-refractivity contribution in [3.05, 3.63) is 64.7 Å². The molecule has 0 aliphatic carbocycles. The van der Waals surface area contributed by atoms with Crippen LogP contribution in [0.3, 0.4) is 0 Å². The lowest BCUT2D eigenvalue weighted by Crippen LogP contribution is -2.07. The molecule has 0 bridgehead atoms. The predicted molar refractivity (Wildman–Crippen MR) is 83.1 cm³/mol. The molecular weight excluding hydrogens is 288 g/mol. The Morgan fingerprint density at radius 1 is 1.24 bits per heavy atom. The quantitative estimate of drug-likeness (QED) is 0.872. The Balaban J connectivity index is 1.96. The highest BCUT2D eigenvalue weighted by Crippen LogP contribution is 2.28. The standard InChI is InChI=1S/C17H17ClO3/c1-12(17(19)20)14-7-8-16(15(18)11-14)21-10-9-13-5-3-2-4-6-13/h2-8,11-12H,9-10H2,1H3,(H,19,20)/t12-/m0/s1. The number of hydrogen-bond acceptors (Lipinski definition) is 2. The molecule has 1 atom stereocenters. The average molecular weight is 305 g/mol. The normalized spacial score (nSPS) is 11.9. The molecule has 0 fully saturated rings. The molecule has 2 aromatic carbocycles. The molecule has 0 unspecified atom stereocenters. The van der Waals surface area contributed by atoms with Crippen LogP contribution in [0.25, 0.3) is 0 Å². The number of benzene rings is 2. The Hall–Kier alpha value is -2.00. The van der Waals surface area contributed by atoms with Crippen LogP contribution in [-0.2, 0) is 11.2 Å². The second kappa shape index (κ2) is 7.14. The molecule has 3 nitrogen and oxygen atoms in total. The van der Waals surface area contributed by atoms with Gasteiger partial charge in [0.05, 0.1) is 17.5 Å². The third kappa shape index (κ3) is 4.23. The predicted octanol–water partition coefficient (Wildman–Crippen LogP) is 4.15. The summed E-state index contributed by atoms with van der Waals surface area (Å²) in [5, 5.41) is 9.43. The second-order valence-electron chi connectivity index (χ2n) is 4.83. The number of hydrogen-bond donors (Lipinski definition) is 1. The summed E-state index contributed by atoms with van der Waals surface area (Å²) in [6.45, 7) is 2.15. The lowest BCUT2D eigenvalue weighted by molar-refractivity contribution is -0.138. The van der Waals surface area contributed by atoms with E-state index in [1.54, 1.807) is 25.1 Å². The Bertz CT molecular complexity index is 611. The highest BCUT2D eigenvalue weighted by molar-refractivity contribution is 6.32. The van der Waals surface area contributed by atoms with Crippen LogP contribution in [0, 0.1) is 0 Å². The number of carboxylic acids is 1. The maximum absolute atomic E-state index is 11.0. The van der Waals surface area contributed by atoms with Crippen molar-refractivity contribution in [3.8, 4) is 5.75 Å². The summed E-state index contributed by atoms with van der Waals surface area (Å²) in [5.41, 5.74) is 1.87. The summed E-state index contributed by atoms with van der Waals surface area (Å²) in [5.74, 6) is -0.876. The van der Waals surface area contributed by atoms with Gasteiger partial charge < -0.3 is 9.84 Å². The van der Waals surface area contributed by atoms with Gasteiger partial charge in [-0.2, -0.15) is 0 Å². The lowest BCUT2D eigenvalue weighted by atomic mass is 10.0. The monoisotopic (exact) mass is 304 g/mol. The summed E-state index contributed by atoms with van der Waals surface area (Å²) in [6.07, 6.45) is 0.796. The minimum atomic E-state index is -0.871. The smallest absolute Gasteiger partial charge is 0.310 e. The SMILES string of the molecule is C[C@H](C(=O)O)c1ccc(OCCc2ccccc2)c(Cl)c1. The van der Waals surface area contributed by atoms with E-state index in [1.165, 1.54) is 5.56 Å². The molecule has 110 valence electrons. The first-order valence-corrected chi connectivity index (χ1v) is 7.14. The van der Waals surface area contributed by atoms with Gasteiger partial charge in [-0.15, -0.1) is 0 Å². The molecular formula is C17H17ClO3. The van der Waals surface area contributed by atoms with Crippen LogP contribution in [-0.4, -0.2) is 17.7 Å². The van der Waals surface area contributed by atoms with Crippen LogP contribution in [0.2, 0.25) is 5.02 Å². The van der Waals surface area contributed by atoms with Crippen molar-refractivity contribution in [3.63, 3.8) is 0 Å². The summed E-state index contributed by atoms with van der Waals surface area (Å²) in [7, 11) is 0. The van der Waals surface area contributed by atoms with Crippen LogP contribution >= 0.6 is 11.6 Å². The largest absolute Gasteiger partial charge is 0.492 e. The third-order valence-corrected chi connectivity index (χ3v) is 3.61. The van der Waals surface area contributed by atoms with Crippen molar-refractivity contribution in [2.75, 3.05) is 6.61 Å². The molecule has 0 spiro atoms. The molecule has 0 saturated carbocycles. The Labute approximate surface area is 129 Å². The molecule has 0 saturated heterocycles. The summed E-state index contributed by atoms with van der Waals surface area (Å²) in [4.78, 5) is 11.0. The highest BCUT2D eigenvalue weighted by atomic mass is 35.5. The molecule has 0 aliphatic rings. The molecule has 2 aromatic rings. The van der Waals surface area contributed by atoms with Crippen molar-refractivity contribution in [2.24, 2.45) is 0 Å². The van der Waals surface area contributed by atoms with Crippen LogP contribution in [0.15, 0.2) is 48.5 Å². The molecule has 0 aromatic heterocycles. The third-order valence-electron chi connectivity index (χ3n) is 3.32. The number of aliphatic carboxylic acids is 1. The fourth-order valence-corrected chi connectivity index (χ4v) is 2.21. The van der Waals surface area contributed by atoms with E-state index in [-0.39, 0.29) is 0 Å². The fourth-order valence-electron chi connectivity index (χ4n) is 1.97. The molecule has 0 aliphatic heterocycles. The van der Waals surface area contributed by atoms with Gasteiger partial charge in [0, 0.05) is 6.42 Å². The van der Waals surface area contributed by atoms with E-state index in [0.717, 1.165) is 6.42 Å². The van der Waals surface area contributed by atoms with Crippen molar-refractivity contribution in [1.82, 2.24) is 0 Å². The van der Waals surface area contributed by atoms with Crippen LogP contribution in [0.1, 0.15) is 24.0 Å². The molecule has 21 heavy (non-hydrogen) atoms. The zero-order valence-electron chi connectivity index (χ0n) is 11.8. The van der Waals surface area contributed by atoms with Crippen molar-refractivity contribution < 1.29 is 14.6 Å². The average Bonchev–Trinajstić information content (AvgIpc) is 2.49. The van der Waals surface area contributed by atoms with E-state index < -0.39 is 11.9 Å². The van der Waals surface area contributed by atoms with E-state index >= 15 is 0 Å². The number of rotatable bonds is 6. The highest BCUT2D eigenvalue weighted by Gasteiger charge is 2.15. The Kier molecular flexibility index (Phi) is 5.23. The first kappa shape index (κ1) is 15.4. The molecule has 1 N–H and O–H groups in total. The number of carbonyl (C=O) groups is 1. The van der Waals surface area contributed by atoms with Gasteiger partial charge in [0.15, 0.2) is 0 Å². The number of carboxylic acid groups (broad SMARTS) is 1. The zero-order valence-corrected chi connectivity index (χ0v) is 12.5. The molecule has 0 heterocycles. The van der Waals surface area contributed by atoms with Crippen LogP contribution in [0.5, 0.6) is 5.75 Å². The van der Waals surface area contributed by atoms with Gasteiger partial charge in [-0.05, 0) is 30.2 Å². The lowest BCUT2D eigenvalue weighted by Gasteiger charge is -2.11. The van der Waals surface area contributed by atoms with Crippen molar-refractivity contribution in [1.29, 1.82) is 0 Å². The van der Waals surface area contributed by atoms with Crippen molar-refractivity contribution >= 4 is 17.6 Å². The molecule has 0 amide bonds. The summed E-state index contributed by atoms with van der Waals surface area (Å²) in [6, 6.07) is 15.2. The van der Waals surface area contributed by atoms with E-state index in [0.29, 0.717) is 22.9 Å². The fraction of sp³-hybridized carbons (Fsp3) is 0.235. The van der Waals surface area contributed by atoms with E-state index in [1.807, 2.05) is 30.3 Å². The van der Waals surface area contributed by atoms with Gasteiger partial charge in [0.2, 0.25) is 0 Å². The summed E-state index contributed by atoms with van der Waals surface area (Å²) < 4.78 is 5.66. The maximum atomic E-state index is 11.0. The first-order valence-electron chi connectivity index (χ1n) is 6.77. The number of halogens is 1. The van der Waals surface area contributed by atoms with E-state index in [9.17, 15) is 4.79 Å². The molecule has 4 heteroatoms. The van der Waals surface area contributed by atoms with Crippen LogP contribution < -0.4 is 4.74 Å². The molecule has 0 radical (unpaired) electrons. The van der Waals surface area contributed by atoms with Gasteiger partial charge in [-0.3, -0.25) is 4.79 Å². The van der Waals surface area contributed by atoms with Gasteiger partial charge in [-0.25, -0.2) is 0 Å². The van der Waals surface area contributed by atoms with Crippen molar-refractivity contribution in [2.45, 2.75) is 19.3 Å². The summed E-state index contributed by atoms with van der Waals surface area (Å²) >= 11 is 6.14. The van der Waals surface area contributed by atoms with E-state index in [4.69, 9.17) is 21.4 Å². The van der Waals surface area contributed by atoms with Gasteiger partial charge in [0.1, 0.15) is 5.75 Å². The zero-order chi connectivity index (χ0) is 15.2. The Morgan fingerprint density at radius 3 is 2.57 bits per heavy atom. The second-order valence-corrected chi connectivity index (χ2v) is 5.24. The minimum Gasteiger partial charge on any atom is -0.492 e. The van der Waals surface area contributed by atoms with Gasteiger partial charge >= 0.3 is 5.97 Å². The number of ether oxygens (including phenoxy) is 1. The van der Waals surface area contributed by atoms with Gasteiger partial charge in [-0.1, -0.05) is 48.0 Å². The van der Waals surface area contributed by atoms with Crippen LogP contribution in [0.4, 0.5) is 0 Å². The van der Waals surface area contributed by atoms with Gasteiger partial charge in [0.25, 0.3) is 0 Å². The Morgan fingerprint density at radius 2 is 1.95 bits per heavy atom. The first-order chi connectivity index (χ1) is 10.1. The minimum absolute atomic E-state index is 0.439. The molecule has 2 rings (SSSR count). The van der Waals surface area contributed by atoms with E-state index in [2.05, 4.69) is 0 Å². The maximum Gasteiger partial charge on any atom is 0.310 e.